The van der Waals surface area contributed by atoms with Gasteiger partial charge >= 0.3 is 0 Å². The Kier molecular flexibility index (Phi) is 5.25. The highest BCUT2D eigenvalue weighted by molar-refractivity contribution is 7.19. The van der Waals surface area contributed by atoms with Crippen molar-refractivity contribution in [3.05, 3.63) is 34.7 Å². The molecule has 0 spiro atoms. The number of ether oxygens (including phenoxy) is 2. The molecule has 1 unspecified atom stereocenters. The summed E-state index contributed by atoms with van der Waals surface area (Å²) in [6, 6.07) is 8.63. The van der Waals surface area contributed by atoms with Crippen LogP contribution in [0.25, 0.3) is 10.1 Å². The molecule has 1 atom stereocenters. The Hall–Kier alpha value is -0.940. The summed E-state index contributed by atoms with van der Waals surface area (Å²) >= 11 is 1.88. The van der Waals surface area contributed by atoms with E-state index in [-0.39, 0.29) is 6.10 Å². The van der Waals surface area contributed by atoms with Crippen LogP contribution in [0.15, 0.2) is 24.3 Å². The molecule has 1 aromatic heterocycles. The molecule has 1 N–H and O–H groups in total. The van der Waals surface area contributed by atoms with Gasteiger partial charge in [-0.1, -0.05) is 25.1 Å². The lowest BCUT2D eigenvalue weighted by Crippen LogP contribution is -2.15. The molecule has 2 heterocycles. The number of hydrogen-bond donors (Lipinski definition) is 1. The molecule has 4 heteroatoms. The van der Waals surface area contributed by atoms with Crippen LogP contribution in [0.1, 0.15) is 30.2 Å². The molecule has 1 fully saturated rings. The molecule has 21 heavy (non-hydrogen) atoms. The average molecular weight is 305 g/mol. The third-order valence-corrected chi connectivity index (χ3v) is 5.06. The van der Waals surface area contributed by atoms with Crippen LogP contribution >= 0.6 is 11.3 Å². The van der Waals surface area contributed by atoms with Gasteiger partial charge in [0.2, 0.25) is 0 Å². The zero-order valence-corrected chi connectivity index (χ0v) is 13.4. The minimum atomic E-state index is 0.264. The molecule has 3 nitrogen and oxygen atoms in total. The second kappa shape index (κ2) is 7.36. The summed E-state index contributed by atoms with van der Waals surface area (Å²) in [6.07, 6.45) is 2.45. The minimum Gasteiger partial charge on any atom is -0.379 e. The molecule has 0 aliphatic carbocycles. The van der Waals surface area contributed by atoms with E-state index in [2.05, 4.69) is 36.5 Å². The van der Waals surface area contributed by atoms with E-state index in [1.807, 2.05) is 11.3 Å². The number of hydrogen-bond acceptors (Lipinski definition) is 4. The van der Waals surface area contributed by atoms with Gasteiger partial charge in [-0.25, -0.2) is 0 Å². The first-order valence-electron chi connectivity index (χ1n) is 7.78. The van der Waals surface area contributed by atoms with Crippen LogP contribution in [0.3, 0.4) is 0 Å². The zero-order chi connectivity index (χ0) is 14.5. The molecular formula is C17H23NO2S. The van der Waals surface area contributed by atoms with E-state index in [0.717, 1.165) is 39.1 Å². The fraction of sp³-hybridized carbons (Fsp3) is 0.529. The van der Waals surface area contributed by atoms with Gasteiger partial charge < -0.3 is 14.8 Å². The molecule has 1 aliphatic rings. The van der Waals surface area contributed by atoms with Gasteiger partial charge in [-0.3, -0.25) is 0 Å². The molecule has 0 radical (unpaired) electrons. The SMILES string of the molecule is CCCNCc1sc2ccccc2c1COC1CCOC1. The van der Waals surface area contributed by atoms with Gasteiger partial charge in [0.25, 0.3) is 0 Å². The van der Waals surface area contributed by atoms with E-state index in [4.69, 9.17) is 9.47 Å². The monoisotopic (exact) mass is 305 g/mol. The van der Waals surface area contributed by atoms with Gasteiger partial charge in [0.05, 0.1) is 19.3 Å². The Morgan fingerprint density at radius 1 is 1.38 bits per heavy atom. The Labute approximate surface area is 130 Å². The van der Waals surface area contributed by atoms with Crippen LogP contribution in [0, 0.1) is 0 Å². The van der Waals surface area contributed by atoms with Gasteiger partial charge in [0.15, 0.2) is 0 Å². The third-order valence-electron chi connectivity index (χ3n) is 3.85. The van der Waals surface area contributed by atoms with Crippen molar-refractivity contribution >= 4 is 21.4 Å². The lowest BCUT2D eigenvalue weighted by Gasteiger charge is -2.11. The van der Waals surface area contributed by atoms with Crippen LogP contribution in [0.5, 0.6) is 0 Å². The summed E-state index contributed by atoms with van der Waals surface area (Å²) in [5, 5.41) is 4.85. The van der Waals surface area contributed by atoms with Crippen LogP contribution in [-0.2, 0) is 22.6 Å². The number of fused-ring (bicyclic) bond motifs is 1. The first-order valence-corrected chi connectivity index (χ1v) is 8.59. The first-order chi connectivity index (χ1) is 10.4. The maximum absolute atomic E-state index is 6.06. The zero-order valence-electron chi connectivity index (χ0n) is 12.6. The van der Waals surface area contributed by atoms with Crippen molar-refractivity contribution in [3.63, 3.8) is 0 Å². The predicted octanol–water partition coefficient (Wildman–Crippen LogP) is 3.71. The highest BCUT2D eigenvalue weighted by Gasteiger charge is 2.18. The summed E-state index contributed by atoms with van der Waals surface area (Å²) in [5.74, 6) is 0. The van der Waals surface area contributed by atoms with Gasteiger partial charge in [-0.05, 0) is 30.8 Å². The van der Waals surface area contributed by atoms with Crippen LogP contribution in [0.4, 0.5) is 0 Å². The molecular weight excluding hydrogens is 282 g/mol. The van der Waals surface area contributed by atoms with Gasteiger partial charge in [-0.15, -0.1) is 11.3 Å². The van der Waals surface area contributed by atoms with Gasteiger partial charge in [0, 0.05) is 28.3 Å². The van der Waals surface area contributed by atoms with E-state index in [1.54, 1.807) is 0 Å². The van der Waals surface area contributed by atoms with E-state index >= 15 is 0 Å². The smallest absolute Gasteiger partial charge is 0.0835 e. The molecule has 0 bridgehead atoms. The molecule has 114 valence electrons. The van der Waals surface area contributed by atoms with Gasteiger partial charge in [0.1, 0.15) is 0 Å². The quantitative estimate of drug-likeness (QED) is 0.791. The van der Waals surface area contributed by atoms with Crippen molar-refractivity contribution in [1.82, 2.24) is 5.32 Å². The van der Waals surface area contributed by atoms with Gasteiger partial charge in [-0.2, -0.15) is 0 Å². The number of nitrogens with one attached hydrogen (secondary N) is 1. The van der Waals surface area contributed by atoms with Crippen molar-refractivity contribution in [2.45, 2.75) is 39.0 Å². The van der Waals surface area contributed by atoms with Crippen molar-refractivity contribution in [2.24, 2.45) is 0 Å². The summed E-state index contributed by atoms with van der Waals surface area (Å²) < 4.78 is 12.8. The Balaban J connectivity index is 1.76. The van der Waals surface area contributed by atoms with E-state index < -0.39 is 0 Å². The Morgan fingerprint density at radius 3 is 3.10 bits per heavy atom. The molecule has 1 aliphatic heterocycles. The maximum atomic E-state index is 6.06. The predicted molar refractivity (Wildman–Crippen MR) is 87.8 cm³/mol. The normalized spacial score (nSPS) is 18.6. The van der Waals surface area contributed by atoms with E-state index in [1.165, 1.54) is 20.5 Å². The largest absolute Gasteiger partial charge is 0.379 e. The first kappa shape index (κ1) is 15.0. The van der Waals surface area contributed by atoms with Crippen molar-refractivity contribution in [2.75, 3.05) is 19.8 Å². The fourth-order valence-corrected chi connectivity index (χ4v) is 3.85. The molecule has 3 rings (SSSR count). The highest BCUT2D eigenvalue weighted by Crippen LogP contribution is 2.32. The lowest BCUT2D eigenvalue weighted by molar-refractivity contribution is 0.0321. The molecule has 1 saturated heterocycles. The van der Waals surface area contributed by atoms with Crippen molar-refractivity contribution in [3.8, 4) is 0 Å². The molecule has 0 saturated carbocycles. The second-order valence-electron chi connectivity index (χ2n) is 5.47. The summed E-state index contributed by atoms with van der Waals surface area (Å²) in [6.45, 7) is 6.47. The fourth-order valence-electron chi connectivity index (χ4n) is 2.67. The summed E-state index contributed by atoms with van der Waals surface area (Å²) in [4.78, 5) is 1.41. The maximum Gasteiger partial charge on any atom is 0.0835 e. The van der Waals surface area contributed by atoms with Crippen LogP contribution in [-0.4, -0.2) is 25.9 Å². The van der Waals surface area contributed by atoms with Crippen molar-refractivity contribution < 1.29 is 9.47 Å². The summed E-state index contributed by atoms with van der Waals surface area (Å²) in [7, 11) is 0. The highest BCUT2D eigenvalue weighted by atomic mass is 32.1. The Morgan fingerprint density at radius 2 is 2.29 bits per heavy atom. The molecule has 1 aromatic carbocycles. The van der Waals surface area contributed by atoms with Crippen molar-refractivity contribution in [1.29, 1.82) is 0 Å². The third kappa shape index (κ3) is 3.64. The van der Waals surface area contributed by atoms with Crippen LogP contribution < -0.4 is 5.32 Å². The molecule has 2 aromatic rings. The second-order valence-corrected chi connectivity index (χ2v) is 6.61. The Bertz CT molecular complexity index is 575. The van der Waals surface area contributed by atoms with E-state index in [9.17, 15) is 0 Å². The number of thiophene rings is 1. The molecule has 0 amide bonds. The standard InChI is InChI=1S/C17H23NO2S/c1-2-8-18-10-17-15(12-20-13-7-9-19-11-13)14-5-3-4-6-16(14)21-17/h3-6,13,18H,2,7-12H2,1H3. The summed E-state index contributed by atoms with van der Waals surface area (Å²) in [5.41, 5.74) is 1.35. The number of benzene rings is 1. The van der Waals surface area contributed by atoms with Crippen LogP contribution in [0.2, 0.25) is 0 Å². The number of rotatable bonds is 7. The topological polar surface area (TPSA) is 30.5 Å². The lowest BCUT2D eigenvalue weighted by atomic mass is 10.1. The van der Waals surface area contributed by atoms with E-state index in [0.29, 0.717) is 6.61 Å². The average Bonchev–Trinajstić information content (AvgIpc) is 3.12. The minimum absolute atomic E-state index is 0.264.